The van der Waals surface area contributed by atoms with Crippen molar-refractivity contribution in [3.8, 4) is 0 Å². The molecule has 2 saturated heterocycles. The lowest BCUT2D eigenvalue weighted by Crippen LogP contribution is -2.50. The van der Waals surface area contributed by atoms with Crippen LogP contribution in [0.4, 0.5) is 8.78 Å². The SMILES string of the molecule is CN1C2CCC1CC(O)(Cc1cc(F)ccc1F)C2. The van der Waals surface area contributed by atoms with Gasteiger partial charge in [0.1, 0.15) is 11.6 Å². The van der Waals surface area contributed by atoms with Crippen molar-refractivity contribution in [1.29, 1.82) is 0 Å². The zero-order chi connectivity index (χ0) is 13.6. The monoisotopic (exact) mass is 267 g/mol. The summed E-state index contributed by atoms with van der Waals surface area (Å²) in [7, 11) is 2.09. The maximum Gasteiger partial charge on any atom is 0.126 e. The van der Waals surface area contributed by atoms with E-state index in [9.17, 15) is 13.9 Å². The van der Waals surface area contributed by atoms with Crippen molar-refractivity contribution in [2.24, 2.45) is 0 Å². The molecule has 1 aromatic carbocycles. The predicted octanol–water partition coefficient (Wildman–Crippen LogP) is 2.50. The van der Waals surface area contributed by atoms with E-state index in [1.807, 2.05) is 0 Å². The van der Waals surface area contributed by atoms with Gasteiger partial charge in [-0.25, -0.2) is 8.78 Å². The van der Waals surface area contributed by atoms with Crippen LogP contribution in [0.3, 0.4) is 0 Å². The average Bonchev–Trinajstić information content (AvgIpc) is 2.59. The smallest absolute Gasteiger partial charge is 0.126 e. The minimum Gasteiger partial charge on any atom is -0.389 e. The van der Waals surface area contributed by atoms with Gasteiger partial charge in [-0.05, 0) is 56.5 Å². The van der Waals surface area contributed by atoms with Crippen LogP contribution >= 0.6 is 0 Å². The topological polar surface area (TPSA) is 23.5 Å². The van der Waals surface area contributed by atoms with Gasteiger partial charge in [0.05, 0.1) is 5.60 Å². The first-order chi connectivity index (χ1) is 8.97. The van der Waals surface area contributed by atoms with Crippen LogP contribution in [0.5, 0.6) is 0 Å². The molecule has 2 nitrogen and oxygen atoms in total. The number of hydrogen-bond donors (Lipinski definition) is 1. The largest absolute Gasteiger partial charge is 0.389 e. The molecule has 2 atom stereocenters. The number of rotatable bonds is 2. The number of halogens is 2. The zero-order valence-electron chi connectivity index (χ0n) is 11.1. The Bertz CT molecular complexity index is 477. The van der Waals surface area contributed by atoms with Crippen LogP contribution in [-0.2, 0) is 6.42 Å². The van der Waals surface area contributed by atoms with Gasteiger partial charge in [-0.15, -0.1) is 0 Å². The second-order valence-electron chi connectivity index (χ2n) is 6.10. The Hall–Kier alpha value is -1.00. The molecule has 0 saturated carbocycles. The lowest BCUT2D eigenvalue weighted by atomic mass is 9.81. The molecule has 0 amide bonds. The summed E-state index contributed by atoms with van der Waals surface area (Å²) in [6, 6.07) is 4.20. The number of hydrogen-bond acceptors (Lipinski definition) is 2. The minimum atomic E-state index is -0.896. The van der Waals surface area contributed by atoms with Gasteiger partial charge in [0, 0.05) is 18.5 Å². The molecule has 1 N–H and O–H groups in total. The van der Waals surface area contributed by atoms with Crippen molar-refractivity contribution in [3.63, 3.8) is 0 Å². The van der Waals surface area contributed by atoms with E-state index in [0.717, 1.165) is 25.0 Å². The van der Waals surface area contributed by atoms with E-state index < -0.39 is 17.2 Å². The molecule has 0 spiro atoms. The lowest BCUT2D eigenvalue weighted by Gasteiger charge is -2.42. The molecule has 2 aliphatic rings. The third-order valence-electron chi connectivity index (χ3n) is 4.74. The Morgan fingerprint density at radius 3 is 2.53 bits per heavy atom. The highest BCUT2D eigenvalue weighted by Gasteiger charge is 2.46. The fourth-order valence-electron chi connectivity index (χ4n) is 3.72. The van der Waals surface area contributed by atoms with Gasteiger partial charge in [-0.3, -0.25) is 0 Å². The third-order valence-corrected chi connectivity index (χ3v) is 4.74. The average molecular weight is 267 g/mol. The summed E-state index contributed by atoms with van der Waals surface area (Å²) >= 11 is 0. The predicted molar refractivity (Wildman–Crippen MR) is 68.8 cm³/mol. The first kappa shape index (κ1) is 13.0. The van der Waals surface area contributed by atoms with Crippen molar-refractivity contribution in [2.75, 3.05) is 7.05 Å². The lowest BCUT2D eigenvalue weighted by molar-refractivity contribution is -0.0442. The van der Waals surface area contributed by atoms with Crippen LogP contribution in [0, 0.1) is 11.6 Å². The fraction of sp³-hybridized carbons (Fsp3) is 0.600. The highest BCUT2D eigenvalue weighted by molar-refractivity contribution is 5.21. The molecule has 3 rings (SSSR count). The molecule has 0 aliphatic carbocycles. The Morgan fingerprint density at radius 1 is 1.26 bits per heavy atom. The van der Waals surface area contributed by atoms with Crippen molar-refractivity contribution >= 4 is 0 Å². The van der Waals surface area contributed by atoms with Crippen molar-refractivity contribution in [2.45, 2.75) is 49.8 Å². The van der Waals surface area contributed by atoms with Gasteiger partial charge >= 0.3 is 0 Å². The van der Waals surface area contributed by atoms with Gasteiger partial charge in [-0.1, -0.05) is 0 Å². The second kappa shape index (κ2) is 4.53. The van der Waals surface area contributed by atoms with E-state index in [0.29, 0.717) is 24.9 Å². The van der Waals surface area contributed by atoms with Crippen LogP contribution in [0.15, 0.2) is 18.2 Å². The van der Waals surface area contributed by atoms with Crippen LogP contribution in [0.1, 0.15) is 31.2 Å². The van der Waals surface area contributed by atoms with Gasteiger partial charge in [0.25, 0.3) is 0 Å². The molecule has 4 heteroatoms. The van der Waals surface area contributed by atoms with E-state index in [2.05, 4.69) is 11.9 Å². The highest BCUT2D eigenvalue weighted by Crippen LogP contribution is 2.41. The Morgan fingerprint density at radius 2 is 1.89 bits per heavy atom. The molecular weight excluding hydrogens is 248 g/mol. The van der Waals surface area contributed by atoms with E-state index in [-0.39, 0.29) is 12.0 Å². The summed E-state index contributed by atoms with van der Waals surface area (Å²) in [4.78, 5) is 2.32. The summed E-state index contributed by atoms with van der Waals surface area (Å²) in [6.07, 6.45) is 3.69. The van der Waals surface area contributed by atoms with E-state index >= 15 is 0 Å². The van der Waals surface area contributed by atoms with Crippen molar-refractivity contribution in [1.82, 2.24) is 4.90 Å². The maximum atomic E-state index is 13.7. The van der Waals surface area contributed by atoms with Gasteiger partial charge in [0.2, 0.25) is 0 Å². The Labute approximate surface area is 112 Å². The third kappa shape index (κ3) is 2.39. The van der Waals surface area contributed by atoms with Crippen LogP contribution in [-0.4, -0.2) is 34.7 Å². The summed E-state index contributed by atoms with van der Waals surface area (Å²) in [5, 5.41) is 10.7. The zero-order valence-corrected chi connectivity index (χ0v) is 11.1. The highest BCUT2D eigenvalue weighted by atomic mass is 19.1. The molecule has 1 aromatic rings. The molecule has 2 bridgehead atoms. The normalized spacial score (nSPS) is 34.7. The fourth-order valence-corrected chi connectivity index (χ4v) is 3.72. The summed E-state index contributed by atoms with van der Waals surface area (Å²) < 4.78 is 26.9. The van der Waals surface area contributed by atoms with Gasteiger partial charge in [-0.2, -0.15) is 0 Å². The van der Waals surface area contributed by atoms with Crippen LogP contribution in [0.2, 0.25) is 0 Å². The van der Waals surface area contributed by atoms with E-state index in [4.69, 9.17) is 0 Å². The molecule has 2 fully saturated rings. The number of nitrogens with zero attached hydrogens (tertiary/aromatic N) is 1. The quantitative estimate of drug-likeness (QED) is 0.890. The number of piperidine rings is 1. The minimum absolute atomic E-state index is 0.206. The number of benzene rings is 1. The first-order valence-electron chi connectivity index (χ1n) is 6.85. The summed E-state index contributed by atoms with van der Waals surface area (Å²) in [5.41, 5.74) is -0.612. The second-order valence-corrected chi connectivity index (χ2v) is 6.10. The Balaban J connectivity index is 1.81. The number of aliphatic hydroxyl groups is 1. The van der Waals surface area contributed by atoms with Crippen LogP contribution < -0.4 is 0 Å². The standard InChI is InChI=1S/C15H19F2NO/c1-18-12-3-4-13(18)9-15(19,8-12)7-10-6-11(16)2-5-14(10)17/h2,5-6,12-13,19H,3-4,7-9H2,1H3. The first-order valence-corrected chi connectivity index (χ1v) is 6.85. The molecule has 104 valence electrons. The molecule has 2 aliphatic heterocycles. The van der Waals surface area contributed by atoms with Gasteiger partial charge in [0.15, 0.2) is 0 Å². The molecule has 0 aromatic heterocycles. The molecule has 19 heavy (non-hydrogen) atoms. The van der Waals surface area contributed by atoms with E-state index in [1.54, 1.807) is 0 Å². The maximum absolute atomic E-state index is 13.7. The molecule has 0 radical (unpaired) electrons. The summed E-state index contributed by atoms with van der Waals surface area (Å²) in [5.74, 6) is -0.878. The van der Waals surface area contributed by atoms with Crippen molar-refractivity contribution in [3.05, 3.63) is 35.4 Å². The van der Waals surface area contributed by atoms with Crippen molar-refractivity contribution < 1.29 is 13.9 Å². The van der Waals surface area contributed by atoms with Crippen LogP contribution in [0.25, 0.3) is 0 Å². The molecular formula is C15H19F2NO. The molecule has 2 heterocycles. The number of fused-ring (bicyclic) bond motifs is 2. The Kier molecular flexibility index (Phi) is 3.10. The van der Waals surface area contributed by atoms with Gasteiger partial charge < -0.3 is 10.0 Å². The summed E-state index contributed by atoms with van der Waals surface area (Å²) in [6.45, 7) is 0. The van der Waals surface area contributed by atoms with E-state index in [1.165, 1.54) is 6.07 Å². The molecule has 2 unspecified atom stereocenters.